The molecule has 0 amide bonds. The van der Waals surface area contributed by atoms with Crippen molar-refractivity contribution >= 4 is 0 Å². The molecule has 5 heteroatoms. The number of hydrogen-bond donors (Lipinski definition) is 0. The molecule has 0 radical (unpaired) electrons. The number of aromatic nitrogens is 2. The minimum Gasteiger partial charge on any atom is -0.454 e. The Morgan fingerprint density at radius 2 is 2.08 bits per heavy atom. The van der Waals surface area contributed by atoms with Crippen LogP contribution in [0.5, 0.6) is 11.5 Å². The highest BCUT2D eigenvalue weighted by molar-refractivity contribution is 5.44. The zero-order valence-corrected chi connectivity index (χ0v) is 16.1. The van der Waals surface area contributed by atoms with Gasteiger partial charge < -0.3 is 14.0 Å². The van der Waals surface area contributed by atoms with Gasteiger partial charge in [-0.15, -0.1) is 0 Å². The van der Waals surface area contributed by atoms with Crippen LogP contribution in [0, 0.1) is 5.41 Å². The van der Waals surface area contributed by atoms with Crippen LogP contribution >= 0.6 is 0 Å². The molecule has 1 unspecified atom stereocenters. The molecule has 0 aliphatic carbocycles. The van der Waals surface area contributed by atoms with Crippen molar-refractivity contribution in [2.24, 2.45) is 5.41 Å². The molecule has 3 heterocycles. The molecular weight excluding hydrogens is 326 g/mol. The van der Waals surface area contributed by atoms with Crippen molar-refractivity contribution in [3.63, 3.8) is 0 Å². The summed E-state index contributed by atoms with van der Waals surface area (Å²) in [6, 6.07) is 6.84. The molecule has 26 heavy (non-hydrogen) atoms. The summed E-state index contributed by atoms with van der Waals surface area (Å²) in [4.78, 5) is 6.95. The van der Waals surface area contributed by atoms with E-state index in [-0.39, 0.29) is 5.41 Å². The fourth-order valence-corrected chi connectivity index (χ4v) is 4.40. The molecule has 2 aliphatic rings. The van der Waals surface area contributed by atoms with Crippen molar-refractivity contribution < 1.29 is 9.47 Å². The number of fused-ring (bicyclic) bond motifs is 1. The molecule has 4 rings (SSSR count). The van der Waals surface area contributed by atoms with Gasteiger partial charge in [0.2, 0.25) is 6.79 Å². The van der Waals surface area contributed by atoms with Gasteiger partial charge in [0.15, 0.2) is 11.5 Å². The highest BCUT2D eigenvalue weighted by atomic mass is 16.7. The van der Waals surface area contributed by atoms with E-state index < -0.39 is 0 Å². The summed E-state index contributed by atoms with van der Waals surface area (Å²) >= 11 is 0. The van der Waals surface area contributed by atoms with E-state index >= 15 is 0 Å². The summed E-state index contributed by atoms with van der Waals surface area (Å²) in [7, 11) is 0. The van der Waals surface area contributed by atoms with E-state index in [1.54, 1.807) is 0 Å². The number of rotatable bonds is 5. The first-order valence-corrected chi connectivity index (χ1v) is 9.64. The van der Waals surface area contributed by atoms with Crippen LogP contribution in [0.3, 0.4) is 0 Å². The maximum absolute atomic E-state index is 5.55. The Morgan fingerprint density at radius 1 is 1.23 bits per heavy atom. The fraction of sp³-hybridized carbons (Fsp3) is 0.571. The Balaban J connectivity index is 1.44. The third kappa shape index (κ3) is 3.58. The molecule has 1 fully saturated rings. The quantitative estimate of drug-likeness (QED) is 0.811. The van der Waals surface area contributed by atoms with E-state index in [4.69, 9.17) is 9.47 Å². The first-order chi connectivity index (χ1) is 12.5. The van der Waals surface area contributed by atoms with Crippen molar-refractivity contribution in [1.29, 1.82) is 0 Å². The van der Waals surface area contributed by atoms with Gasteiger partial charge in [0.25, 0.3) is 0 Å². The number of piperidine rings is 1. The summed E-state index contributed by atoms with van der Waals surface area (Å²) < 4.78 is 13.3. The number of ether oxygens (including phenoxy) is 2. The molecule has 1 aromatic carbocycles. The van der Waals surface area contributed by atoms with Gasteiger partial charge >= 0.3 is 0 Å². The maximum atomic E-state index is 5.55. The molecule has 2 aromatic rings. The first kappa shape index (κ1) is 17.4. The van der Waals surface area contributed by atoms with Crippen LogP contribution < -0.4 is 9.47 Å². The van der Waals surface area contributed by atoms with E-state index in [1.807, 2.05) is 18.6 Å². The smallest absolute Gasteiger partial charge is 0.231 e. The third-order valence-corrected chi connectivity index (χ3v) is 5.62. The second-order valence-corrected chi connectivity index (χ2v) is 8.38. The van der Waals surface area contributed by atoms with Crippen molar-refractivity contribution in [2.45, 2.75) is 52.6 Å². The molecule has 0 spiro atoms. The highest BCUT2D eigenvalue weighted by Gasteiger charge is 2.32. The lowest BCUT2D eigenvalue weighted by Crippen LogP contribution is -2.42. The van der Waals surface area contributed by atoms with Gasteiger partial charge in [-0.25, -0.2) is 4.98 Å². The Labute approximate surface area is 155 Å². The summed E-state index contributed by atoms with van der Waals surface area (Å²) in [6.07, 6.45) is 7.56. The lowest BCUT2D eigenvalue weighted by Gasteiger charge is -2.41. The van der Waals surface area contributed by atoms with Crippen LogP contribution in [0.1, 0.15) is 50.9 Å². The van der Waals surface area contributed by atoms with Crippen molar-refractivity contribution in [3.05, 3.63) is 42.0 Å². The van der Waals surface area contributed by atoms with Gasteiger partial charge in [-0.3, -0.25) is 4.90 Å². The SMILES string of the molecule is CC(C)n1cncc1CN1CCCC(C)(Cc2ccc3c(c2)OCO3)C1. The molecule has 0 N–H and O–H groups in total. The number of imidazole rings is 1. The fourth-order valence-electron chi connectivity index (χ4n) is 4.40. The van der Waals surface area contributed by atoms with Crippen LogP contribution in [0.15, 0.2) is 30.7 Å². The van der Waals surface area contributed by atoms with Gasteiger partial charge in [0.05, 0.1) is 12.0 Å². The maximum Gasteiger partial charge on any atom is 0.231 e. The molecule has 0 saturated carbocycles. The lowest BCUT2D eigenvalue weighted by molar-refractivity contribution is 0.0947. The summed E-state index contributed by atoms with van der Waals surface area (Å²) in [5, 5.41) is 0. The molecule has 5 nitrogen and oxygen atoms in total. The number of benzene rings is 1. The third-order valence-electron chi connectivity index (χ3n) is 5.62. The van der Waals surface area contributed by atoms with Gasteiger partial charge in [-0.1, -0.05) is 13.0 Å². The second-order valence-electron chi connectivity index (χ2n) is 8.38. The van der Waals surface area contributed by atoms with E-state index in [9.17, 15) is 0 Å². The molecule has 2 aliphatic heterocycles. The average Bonchev–Trinajstić information content (AvgIpc) is 3.23. The van der Waals surface area contributed by atoms with Crippen LogP contribution in [-0.2, 0) is 13.0 Å². The number of hydrogen-bond acceptors (Lipinski definition) is 4. The predicted octanol–water partition coefficient (Wildman–Crippen LogP) is 4.04. The molecular formula is C21H29N3O2. The normalized spacial score (nSPS) is 22.9. The molecule has 140 valence electrons. The Hall–Kier alpha value is -2.01. The number of likely N-dealkylation sites (tertiary alicyclic amines) is 1. The van der Waals surface area contributed by atoms with E-state index in [1.165, 1.54) is 30.6 Å². The van der Waals surface area contributed by atoms with Crippen LogP contribution in [0.25, 0.3) is 0 Å². The van der Waals surface area contributed by atoms with Crippen LogP contribution in [0.2, 0.25) is 0 Å². The number of nitrogens with zero attached hydrogens (tertiary/aromatic N) is 3. The standard InChI is InChI=1S/C21H29N3O2/c1-16(2)24-14-22-11-18(24)12-23-8-4-7-21(3,13-23)10-17-5-6-19-20(9-17)26-15-25-19/h5-6,9,11,14,16H,4,7-8,10,12-13,15H2,1-3H3. The van der Waals surface area contributed by atoms with Crippen molar-refractivity contribution in [2.75, 3.05) is 19.9 Å². The van der Waals surface area contributed by atoms with Gasteiger partial charge in [-0.2, -0.15) is 0 Å². The van der Waals surface area contributed by atoms with Crippen LogP contribution in [0.4, 0.5) is 0 Å². The second kappa shape index (κ2) is 6.95. The largest absolute Gasteiger partial charge is 0.454 e. The molecule has 1 aromatic heterocycles. The van der Waals surface area contributed by atoms with Gasteiger partial charge in [0, 0.05) is 25.3 Å². The topological polar surface area (TPSA) is 39.5 Å². The predicted molar refractivity (Wildman–Crippen MR) is 101 cm³/mol. The zero-order valence-electron chi connectivity index (χ0n) is 16.1. The summed E-state index contributed by atoms with van der Waals surface area (Å²) in [5.41, 5.74) is 2.94. The molecule has 1 atom stereocenters. The summed E-state index contributed by atoms with van der Waals surface area (Å²) in [5.74, 6) is 1.76. The highest BCUT2D eigenvalue weighted by Crippen LogP contribution is 2.37. The van der Waals surface area contributed by atoms with Crippen molar-refractivity contribution in [3.8, 4) is 11.5 Å². The average molecular weight is 355 g/mol. The van der Waals surface area contributed by atoms with E-state index in [0.717, 1.165) is 31.0 Å². The Bertz CT molecular complexity index is 770. The van der Waals surface area contributed by atoms with Gasteiger partial charge in [-0.05, 0) is 62.8 Å². The monoisotopic (exact) mass is 355 g/mol. The minimum atomic E-state index is 0.286. The van der Waals surface area contributed by atoms with Crippen LogP contribution in [-0.4, -0.2) is 34.3 Å². The lowest BCUT2D eigenvalue weighted by atomic mass is 9.77. The minimum absolute atomic E-state index is 0.286. The van der Waals surface area contributed by atoms with Crippen molar-refractivity contribution in [1.82, 2.24) is 14.5 Å². The first-order valence-electron chi connectivity index (χ1n) is 9.64. The summed E-state index contributed by atoms with van der Waals surface area (Å²) in [6.45, 7) is 10.5. The molecule has 1 saturated heterocycles. The van der Waals surface area contributed by atoms with E-state index in [0.29, 0.717) is 12.8 Å². The van der Waals surface area contributed by atoms with E-state index in [2.05, 4.69) is 47.4 Å². The Morgan fingerprint density at radius 3 is 2.92 bits per heavy atom. The zero-order chi connectivity index (χ0) is 18.1. The van der Waals surface area contributed by atoms with Gasteiger partial charge in [0.1, 0.15) is 0 Å². The Kier molecular flexibility index (Phi) is 4.65. The molecule has 0 bridgehead atoms.